The molecule has 1 aliphatic carbocycles. The standard InChI is InChI=1S/C10H15N5O3S/c1-5(7(16)12-8(17)11-2)19-10-14-13-9(18)15(10)6-3-4-6/h5-6H,3-4H2,1-2H3,(H,13,18)(H2,11,12,16,17)/t5-/m0/s1. The molecule has 0 saturated heterocycles. The van der Waals surface area contributed by atoms with E-state index in [9.17, 15) is 14.4 Å². The quantitative estimate of drug-likeness (QED) is 0.666. The van der Waals surface area contributed by atoms with Crippen LogP contribution in [0.1, 0.15) is 25.8 Å². The number of nitrogens with zero attached hydrogens (tertiary/aromatic N) is 2. The van der Waals surface area contributed by atoms with Crippen molar-refractivity contribution in [1.29, 1.82) is 0 Å². The Morgan fingerprint density at radius 2 is 2.21 bits per heavy atom. The van der Waals surface area contributed by atoms with Gasteiger partial charge in [0.2, 0.25) is 5.91 Å². The van der Waals surface area contributed by atoms with Crippen LogP contribution in [-0.2, 0) is 4.79 Å². The van der Waals surface area contributed by atoms with Gasteiger partial charge in [0.1, 0.15) is 0 Å². The third-order valence-electron chi connectivity index (χ3n) is 2.70. The second-order valence-corrected chi connectivity index (χ2v) is 5.55. The summed E-state index contributed by atoms with van der Waals surface area (Å²) >= 11 is 1.15. The van der Waals surface area contributed by atoms with Crippen LogP contribution in [0.5, 0.6) is 0 Å². The predicted octanol–water partition coefficient (Wildman–Crippen LogP) is -0.158. The molecular formula is C10H15N5O3S. The van der Waals surface area contributed by atoms with Crippen LogP contribution >= 0.6 is 11.8 Å². The van der Waals surface area contributed by atoms with E-state index in [-0.39, 0.29) is 11.7 Å². The van der Waals surface area contributed by atoms with E-state index in [1.54, 1.807) is 11.5 Å². The first-order chi connectivity index (χ1) is 9.02. The first-order valence-corrected chi connectivity index (χ1v) is 6.77. The Labute approximate surface area is 113 Å². The molecule has 2 rings (SSSR count). The van der Waals surface area contributed by atoms with Gasteiger partial charge < -0.3 is 5.32 Å². The Balaban J connectivity index is 2.02. The van der Waals surface area contributed by atoms with Gasteiger partial charge in [0.25, 0.3) is 0 Å². The van der Waals surface area contributed by atoms with Gasteiger partial charge in [-0.1, -0.05) is 11.8 Å². The van der Waals surface area contributed by atoms with Crippen molar-refractivity contribution in [3.63, 3.8) is 0 Å². The Morgan fingerprint density at radius 3 is 2.79 bits per heavy atom. The largest absolute Gasteiger partial charge is 0.344 e. The molecule has 1 aromatic heterocycles. The number of carbonyl (C=O) groups is 2. The molecule has 1 aliphatic rings. The molecule has 1 saturated carbocycles. The molecule has 19 heavy (non-hydrogen) atoms. The normalized spacial score (nSPS) is 15.9. The van der Waals surface area contributed by atoms with E-state index in [2.05, 4.69) is 20.8 Å². The van der Waals surface area contributed by atoms with Gasteiger partial charge in [-0.3, -0.25) is 14.7 Å². The maximum Gasteiger partial charge on any atom is 0.344 e. The number of imide groups is 1. The number of rotatable bonds is 4. The highest BCUT2D eigenvalue weighted by Crippen LogP contribution is 2.36. The summed E-state index contributed by atoms with van der Waals surface area (Å²) < 4.78 is 1.56. The van der Waals surface area contributed by atoms with Crippen LogP contribution in [0, 0.1) is 0 Å². The number of urea groups is 1. The summed E-state index contributed by atoms with van der Waals surface area (Å²) in [4.78, 5) is 34.3. The lowest BCUT2D eigenvalue weighted by atomic mass is 10.4. The smallest absolute Gasteiger partial charge is 0.341 e. The average molecular weight is 285 g/mol. The molecule has 104 valence electrons. The minimum atomic E-state index is -0.556. The highest BCUT2D eigenvalue weighted by Gasteiger charge is 2.30. The second kappa shape index (κ2) is 5.47. The van der Waals surface area contributed by atoms with E-state index in [1.165, 1.54) is 7.05 Å². The SMILES string of the molecule is CNC(=O)NC(=O)[C@H](C)Sc1n[nH]c(=O)n1C1CC1. The van der Waals surface area contributed by atoms with E-state index in [1.807, 2.05) is 0 Å². The summed E-state index contributed by atoms with van der Waals surface area (Å²) in [5.41, 5.74) is -0.260. The van der Waals surface area contributed by atoms with E-state index in [0.717, 1.165) is 24.6 Å². The highest BCUT2D eigenvalue weighted by atomic mass is 32.2. The van der Waals surface area contributed by atoms with Crippen LogP contribution in [0.15, 0.2) is 9.95 Å². The van der Waals surface area contributed by atoms with Crippen LogP contribution in [-0.4, -0.2) is 39.0 Å². The Morgan fingerprint density at radius 1 is 1.53 bits per heavy atom. The van der Waals surface area contributed by atoms with Gasteiger partial charge in [0, 0.05) is 13.1 Å². The molecule has 1 atom stereocenters. The molecule has 0 bridgehead atoms. The summed E-state index contributed by atoms with van der Waals surface area (Å²) in [7, 11) is 1.43. The van der Waals surface area contributed by atoms with Crippen molar-refractivity contribution < 1.29 is 9.59 Å². The van der Waals surface area contributed by atoms with Crippen molar-refractivity contribution in [2.24, 2.45) is 0 Å². The van der Waals surface area contributed by atoms with Crippen LogP contribution in [0.2, 0.25) is 0 Å². The Hall–Kier alpha value is -1.77. The molecule has 1 heterocycles. The molecule has 8 nitrogen and oxygen atoms in total. The number of H-pyrrole nitrogens is 1. The third kappa shape index (κ3) is 3.16. The number of hydrogen-bond acceptors (Lipinski definition) is 5. The Kier molecular flexibility index (Phi) is 3.93. The highest BCUT2D eigenvalue weighted by molar-refractivity contribution is 8.00. The maximum atomic E-state index is 11.7. The number of hydrogen-bond donors (Lipinski definition) is 3. The zero-order chi connectivity index (χ0) is 14.0. The molecule has 0 aromatic carbocycles. The molecule has 1 fully saturated rings. The predicted molar refractivity (Wildman–Crippen MR) is 69.0 cm³/mol. The maximum absolute atomic E-state index is 11.7. The van der Waals surface area contributed by atoms with Crippen molar-refractivity contribution in [2.75, 3.05) is 7.05 Å². The summed E-state index contributed by atoms with van der Waals surface area (Å²) in [5.74, 6) is -0.429. The van der Waals surface area contributed by atoms with Crippen LogP contribution in [0.25, 0.3) is 0 Å². The zero-order valence-corrected chi connectivity index (χ0v) is 11.4. The monoisotopic (exact) mass is 285 g/mol. The fourth-order valence-electron chi connectivity index (χ4n) is 1.52. The van der Waals surface area contributed by atoms with Crippen molar-refractivity contribution in [2.45, 2.75) is 36.2 Å². The van der Waals surface area contributed by atoms with Gasteiger partial charge in [-0.15, -0.1) is 5.10 Å². The number of carbonyl (C=O) groups excluding carboxylic acids is 2. The van der Waals surface area contributed by atoms with Gasteiger partial charge in [-0.2, -0.15) is 0 Å². The molecule has 9 heteroatoms. The van der Waals surface area contributed by atoms with Gasteiger partial charge in [-0.25, -0.2) is 14.7 Å². The van der Waals surface area contributed by atoms with E-state index in [4.69, 9.17) is 0 Å². The van der Waals surface area contributed by atoms with E-state index < -0.39 is 17.2 Å². The van der Waals surface area contributed by atoms with Crippen molar-refractivity contribution in [3.05, 3.63) is 10.5 Å². The van der Waals surface area contributed by atoms with Crippen LogP contribution in [0.4, 0.5) is 4.79 Å². The average Bonchev–Trinajstić information content (AvgIpc) is 3.14. The van der Waals surface area contributed by atoms with Crippen LogP contribution < -0.4 is 16.3 Å². The molecule has 0 spiro atoms. The van der Waals surface area contributed by atoms with Crippen LogP contribution in [0.3, 0.4) is 0 Å². The number of aromatic amines is 1. The summed E-state index contributed by atoms with van der Waals surface area (Å²) in [6.45, 7) is 1.65. The summed E-state index contributed by atoms with van der Waals surface area (Å²) in [6, 6.07) is -0.373. The fraction of sp³-hybridized carbons (Fsp3) is 0.600. The number of nitrogens with one attached hydrogen (secondary N) is 3. The van der Waals surface area contributed by atoms with E-state index >= 15 is 0 Å². The number of aromatic nitrogens is 3. The second-order valence-electron chi connectivity index (χ2n) is 4.24. The minimum absolute atomic E-state index is 0.183. The van der Waals surface area contributed by atoms with E-state index in [0.29, 0.717) is 5.16 Å². The van der Waals surface area contributed by atoms with Crippen molar-refractivity contribution >= 4 is 23.7 Å². The Bertz CT molecular complexity index is 548. The van der Waals surface area contributed by atoms with Crippen molar-refractivity contribution in [1.82, 2.24) is 25.4 Å². The number of amides is 3. The summed E-state index contributed by atoms with van der Waals surface area (Å²) in [5, 5.41) is 10.7. The first-order valence-electron chi connectivity index (χ1n) is 5.89. The summed E-state index contributed by atoms with van der Waals surface area (Å²) in [6.07, 6.45) is 1.90. The fourth-order valence-corrected chi connectivity index (χ4v) is 2.44. The van der Waals surface area contributed by atoms with Gasteiger partial charge in [-0.05, 0) is 19.8 Å². The lowest BCUT2D eigenvalue weighted by molar-refractivity contribution is -0.119. The topological polar surface area (TPSA) is 109 Å². The first kappa shape index (κ1) is 13.7. The molecule has 0 unspecified atom stereocenters. The third-order valence-corrected chi connectivity index (χ3v) is 3.77. The molecule has 0 radical (unpaired) electrons. The van der Waals surface area contributed by atoms with Gasteiger partial charge >= 0.3 is 11.7 Å². The molecule has 3 amide bonds. The molecule has 0 aliphatic heterocycles. The zero-order valence-electron chi connectivity index (χ0n) is 10.6. The van der Waals surface area contributed by atoms with Gasteiger partial charge in [0.15, 0.2) is 5.16 Å². The molecule has 3 N–H and O–H groups in total. The van der Waals surface area contributed by atoms with Crippen molar-refractivity contribution in [3.8, 4) is 0 Å². The molecular weight excluding hydrogens is 270 g/mol. The molecule has 1 aromatic rings. The lowest BCUT2D eigenvalue weighted by Crippen LogP contribution is -2.41. The lowest BCUT2D eigenvalue weighted by Gasteiger charge is -2.10. The number of thioether (sulfide) groups is 1. The minimum Gasteiger partial charge on any atom is -0.341 e. The van der Waals surface area contributed by atoms with Gasteiger partial charge in [0.05, 0.1) is 5.25 Å².